The topological polar surface area (TPSA) is 12.9 Å². The fourth-order valence-electron chi connectivity index (χ4n) is 1.42. The number of rotatable bonds is 2. The van der Waals surface area contributed by atoms with Gasteiger partial charge >= 0.3 is 0 Å². The Hall–Kier alpha value is -1.37. The van der Waals surface area contributed by atoms with Crippen LogP contribution in [-0.4, -0.2) is 4.98 Å². The first kappa shape index (κ1) is 8.24. The smallest absolute Gasteiger partial charge is 0.0705 e. The molecule has 0 aliphatic carbocycles. The van der Waals surface area contributed by atoms with Gasteiger partial charge in [-0.05, 0) is 18.6 Å². The lowest BCUT2D eigenvalue weighted by Crippen LogP contribution is -1.89. The van der Waals surface area contributed by atoms with E-state index in [2.05, 4.69) is 24.0 Å². The van der Waals surface area contributed by atoms with E-state index >= 15 is 0 Å². The van der Waals surface area contributed by atoms with Gasteiger partial charge in [-0.3, -0.25) is 4.98 Å². The van der Waals surface area contributed by atoms with Gasteiger partial charge in [0, 0.05) is 17.1 Å². The Morgan fingerprint density at radius 1 is 1.31 bits per heavy atom. The minimum absolute atomic E-state index is 1.02. The molecule has 1 radical (unpaired) electrons. The van der Waals surface area contributed by atoms with Crippen LogP contribution in [0.3, 0.4) is 0 Å². The first-order chi connectivity index (χ1) is 6.40. The monoisotopic (exact) mass is 170 g/mol. The molecular formula is C12H12N. The van der Waals surface area contributed by atoms with Crippen LogP contribution in [0.4, 0.5) is 0 Å². The largest absolute Gasteiger partial charge is 0.252 e. The van der Waals surface area contributed by atoms with E-state index in [0.717, 1.165) is 24.1 Å². The lowest BCUT2D eigenvalue weighted by Gasteiger charge is -1.99. The van der Waals surface area contributed by atoms with Gasteiger partial charge in [0.25, 0.3) is 0 Å². The van der Waals surface area contributed by atoms with Crippen LogP contribution >= 0.6 is 0 Å². The lowest BCUT2D eigenvalue weighted by molar-refractivity contribution is 0.888. The van der Waals surface area contributed by atoms with E-state index in [-0.39, 0.29) is 0 Å². The molecular weight excluding hydrogens is 158 g/mol. The molecule has 0 bridgehead atoms. The van der Waals surface area contributed by atoms with E-state index in [0.29, 0.717) is 0 Å². The first-order valence-electron chi connectivity index (χ1n) is 4.66. The summed E-state index contributed by atoms with van der Waals surface area (Å²) in [6.07, 6.45) is 2.15. The van der Waals surface area contributed by atoms with Crippen molar-refractivity contribution >= 4 is 10.9 Å². The zero-order valence-corrected chi connectivity index (χ0v) is 7.75. The minimum Gasteiger partial charge on any atom is -0.252 e. The van der Waals surface area contributed by atoms with Crippen molar-refractivity contribution in [3.8, 4) is 0 Å². The quantitative estimate of drug-likeness (QED) is 0.675. The lowest BCUT2D eigenvalue weighted by atomic mass is 10.1. The summed E-state index contributed by atoms with van der Waals surface area (Å²) in [5.74, 6) is 0. The Kier molecular flexibility index (Phi) is 2.26. The molecule has 0 N–H and O–H groups in total. The van der Waals surface area contributed by atoms with Gasteiger partial charge in [0.2, 0.25) is 0 Å². The Balaban J connectivity index is 2.49. The average Bonchev–Trinajstić information content (AvgIpc) is 2.18. The Labute approximate surface area is 78.4 Å². The van der Waals surface area contributed by atoms with Gasteiger partial charge in [-0.1, -0.05) is 31.5 Å². The van der Waals surface area contributed by atoms with Crippen LogP contribution < -0.4 is 0 Å². The summed E-state index contributed by atoms with van der Waals surface area (Å²) in [6.45, 7) is 2.16. The molecule has 1 nitrogen and oxygen atoms in total. The number of para-hydroxylation sites is 1. The molecule has 65 valence electrons. The van der Waals surface area contributed by atoms with Crippen molar-refractivity contribution in [1.29, 1.82) is 0 Å². The van der Waals surface area contributed by atoms with E-state index < -0.39 is 0 Å². The SMILES string of the molecule is CCCc1[c]cc2ccccc2n1. The van der Waals surface area contributed by atoms with Crippen molar-refractivity contribution in [3.05, 3.63) is 42.1 Å². The van der Waals surface area contributed by atoms with Crippen molar-refractivity contribution in [2.24, 2.45) is 0 Å². The van der Waals surface area contributed by atoms with Crippen LogP contribution in [0.2, 0.25) is 0 Å². The predicted molar refractivity (Wildman–Crippen MR) is 54.6 cm³/mol. The van der Waals surface area contributed by atoms with Crippen LogP contribution in [0.25, 0.3) is 10.9 Å². The molecule has 0 spiro atoms. The summed E-state index contributed by atoms with van der Waals surface area (Å²) in [5.41, 5.74) is 2.14. The standard InChI is InChI=1S/C12H12N/c1-2-5-11-9-8-10-6-3-4-7-12(10)13-11/h3-4,6-8H,2,5H2,1H3. The van der Waals surface area contributed by atoms with Crippen LogP contribution in [0.5, 0.6) is 0 Å². The number of aromatic nitrogens is 1. The highest BCUT2D eigenvalue weighted by atomic mass is 14.7. The van der Waals surface area contributed by atoms with Crippen LogP contribution in [0, 0.1) is 6.07 Å². The van der Waals surface area contributed by atoms with Crippen molar-refractivity contribution in [3.63, 3.8) is 0 Å². The normalized spacial score (nSPS) is 10.5. The molecule has 1 heterocycles. The Morgan fingerprint density at radius 3 is 3.00 bits per heavy atom. The number of benzene rings is 1. The second kappa shape index (κ2) is 3.56. The second-order valence-corrected chi connectivity index (χ2v) is 3.16. The fourth-order valence-corrected chi connectivity index (χ4v) is 1.42. The van der Waals surface area contributed by atoms with Crippen LogP contribution in [-0.2, 0) is 6.42 Å². The number of hydrogen-bond donors (Lipinski definition) is 0. The minimum atomic E-state index is 1.02. The molecule has 0 aliphatic heterocycles. The summed E-state index contributed by atoms with van der Waals surface area (Å²) in [7, 11) is 0. The molecule has 0 aliphatic rings. The number of aryl methyl sites for hydroxylation is 1. The van der Waals surface area contributed by atoms with Gasteiger partial charge < -0.3 is 0 Å². The van der Waals surface area contributed by atoms with E-state index in [1.54, 1.807) is 0 Å². The number of pyridine rings is 1. The maximum absolute atomic E-state index is 4.51. The molecule has 2 rings (SSSR count). The predicted octanol–water partition coefficient (Wildman–Crippen LogP) is 2.99. The summed E-state index contributed by atoms with van der Waals surface area (Å²) < 4.78 is 0. The first-order valence-corrected chi connectivity index (χ1v) is 4.66. The molecule has 13 heavy (non-hydrogen) atoms. The molecule has 1 aromatic heterocycles. The van der Waals surface area contributed by atoms with Crippen molar-refractivity contribution < 1.29 is 0 Å². The summed E-state index contributed by atoms with van der Waals surface area (Å²) in [4.78, 5) is 4.51. The fraction of sp³-hybridized carbons (Fsp3) is 0.250. The van der Waals surface area contributed by atoms with Gasteiger partial charge in [0.05, 0.1) is 5.52 Å². The third-order valence-electron chi connectivity index (χ3n) is 2.07. The molecule has 0 saturated heterocycles. The molecule has 1 aromatic carbocycles. The maximum atomic E-state index is 4.51. The number of hydrogen-bond acceptors (Lipinski definition) is 1. The number of nitrogens with zero attached hydrogens (tertiary/aromatic N) is 1. The molecule has 2 aromatic rings. The van der Waals surface area contributed by atoms with E-state index in [1.165, 1.54) is 5.39 Å². The molecule has 1 heteroatoms. The third kappa shape index (κ3) is 1.69. The molecule has 0 saturated carbocycles. The molecule has 0 fully saturated rings. The molecule has 0 atom stereocenters. The van der Waals surface area contributed by atoms with E-state index in [9.17, 15) is 0 Å². The average molecular weight is 170 g/mol. The van der Waals surface area contributed by atoms with Crippen molar-refractivity contribution in [2.75, 3.05) is 0 Å². The van der Waals surface area contributed by atoms with Gasteiger partial charge in [0.1, 0.15) is 0 Å². The van der Waals surface area contributed by atoms with Gasteiger partial charge in [-0.15, -0.1) is 0 Å². The van der Waals surface area contributed by atoms with Crippen molar-refractivity contribution in [1.82, 2.24) is 4.98 Å². The highest BCUT2D eigenvalue weighted by Crippen LogP contribution is 2.11. The van der Waals surface area contributed by atoms with Gasteiger partial charge in [-0.2, -0.15) is 0 Å². The summed E-state index contributed by atoms with van der Waals surface area (Å²) in [5, 5.41) is 1.17. The zero-order chi connectivity index (χ0) is 9.10. The summed E-state index contributed by atoms with van der Waals surface area (Å²) >= 11 is 0. The van der Waals surface area contributed by atoms with E-state index in [4.69, 9.17) is 0 Å². The second-order valence-electron chi connectivity index (χ2n) is 3.16. The maximum Gasteiger partial charge on any atom is 0.0705 e. The van der Waals surface area contributed by atoms with Crippen molar-refractivity contribution in [2.45, 2.75) is 19.8 Å². The number of fused-ring (bicyclic) bond motifs is 1. The Bertz CT molecular complexity index is 407. The molecule has 0 amide bonds. The highest BCUT2D eigenvalue weighted by Gasteiger charge is 1.96. The molecule has 0 unspecified atom stereocenters. The van der Waals surface area contributed by atoms with Crippen LogP contribution in [0.15, 0.2) is 30.3 Å². The third-order valence-corrected chi connectivity index (χ3v) is 2.07. The van der Waals surface area contributed by atoms with Crippen LogP contribution in [0.1, 0.15) is 19.0 Å². The highest BCUT2D eigenvalue weighted by molar-refractivity contribution is 5.78. The van der Waals surface area contributed by atoms with Gasteiger partial charge in [0.15, 0.2) is 0 Å². The Morgan fingerprint density at radius 2 is 2.15 bits per heavy atom. The summed E-state index contributed by atoms with van der Waals surface area (Å²) in [6, 6.07) is 13.4. The van der Waals surface area contributed by atoms with Gasteiger partial charge in [-0.25, -0.2) is 0 Å². The zero-order valence-electron chi connectivity index (χ0n) is 7.75. The van der Waals surface area contributed by atoms with E-state index in [1.807, 2.05) is 24.3 Å².